The molecular weight excluding hydrogens is 272 g/mol. The van der Waals surface area contributed by atoms with Gasteiger partial charge in [-0.2, -0.15) is 0 Å². The lowest BCUT2D eigenvalue weighted by atomic mass is 9.97. The van der Waals surface area contributed by atoms with E-state index in [4.69, 9.17) is 0 Å². The SMILES string of the molecule is CCCCC(C)CCCCCCCCCCBr. The molecule has 0 bridgehead atoms. The number of rotatable bonds is 13. The van der Waals surface area contributed by atoms with E-state index in [1.54, 1.807) is 0 Å². The molecule has 0 N–H and O–H groups in total. The predicted octanol–water partition coefficient (Wildman–Crippen LogP) is 6.72. The maximum Gasteiger partial charge on any atom is 0.00313 e. The monoisotopic (exact) mass is 304 g/mol. The van der Waals surface area contributed by atoms with Crippen LogP contribution < -0.4 is 0 Å². The molecular formula is C16H33Br. The minimum Gasteiger partial charge on any atom is -0.0928 e. The normalized spacial score (nSPS) is 12.9. The number of halogens is 1. The first-order valence-corrected chi connectivity index (χ1v) is 8.99. The lowest BCUT2D eigenvalue weighted by Gasteiger charge is -2.10. The first-order valence-electron chi connectivity index (χ1n) is 7.87. The molecule has 0 aromatic heterocycles. The van der Waals surface area contributed by atoms with E-state index in [1.165, 1.54) is 82.4 Å². The molecule has 0 amide bonds. The third-order valence-corrected chi connectivity index (χ3v) is 4.19. The van der Waals surface area contributed by atoms with Crippen molar-refractivity contribution in [2.24, 2.45) is 5.92 Å². The minimum absolute atomic E-state index is 0.967. The van der Waals surface area contributed by atoms with Gasteiger partial charge in [0.15, 0.2) is 0 Å². The highest BCUT2D eigenvalue weighted by atomic mass is 79.9. The van der Waals surface area contributed by atoms with Crippen LogP contribution in [-0.2, 0) is 0 Å². The molecule has 0 saturated heterocycles. The highest BCUT2D eigenvalue weighted by molar-refractivity contribution is 9.09. The second-order valence-electron chi connectivity index (χ2n) is 5.55. The lowest BCUT2D eigenvalue weighted by molar-refractivity contribution is 0.441. The summed E-state index contributed by atoms with van der Waals surface area (Å²) < 4.78 is 0. The van der Waals surface area contributed by atoms with Crippen molar-refractivity contribution in [3.63, 3.8) is 0 Å². The Bertz CT molecular complexity index is 133. The van der Waals surface area contributed by atoms with Crippen molar-refractivity contribution in [3.05, 3.63) is 0 Å². The van der Waals surface area contributed by atoms with Gasteiger partial charge in [-0.3, -0.25) is 0 Å². The smallest absolute Gasteiger partial charge is 0.00313 e. The van der Waals surface area contributed by atoms with Crippen LogP contribution in [0, 0.1) is 5.92 Å². The van der Waals surface area contributed by atoms with Crippen molar-refractivity contribution < 1.29 is 0 Å². The summed E-state index contributed by atoms with van der Waals surface area (Å²) in [5, 5.41) is 1.18. The van der Waals surface area contributed by atoms with Gasteiger partial charge in [0.05, 0.1) is 0 Å². The van der Waals surface area contributed by atoms with Gasteiger partial charge < -0.3 is 0 Å². The Hall–Kier alpha value is 0.480. The van der Waals surface area contributed by atoms with Crippen molar-refractivity contribution in [3.8, 4) is 0 Å². The van der Waals surface area contributed by atoms with Crippen LogP contribution in [0.3, 0.4) is 0 Å². The molecule has 0 aliphatic rings. The Morgan fingerprint density at radius 3 is 1.71 bits per heavy atom. The minimum atomic E-state index is 0.967. The Labute approximate surface area is 118 Å². The molecule has 0 rings (SSSR count). The molecule has 0 aromatic rings. The Morgan fingerprint density at radius 1 is 0.706 bits per heavy atom. The van der Waals surface area contributed by atoms with Gasteiger partial charge >= 0.3 is 0 Å². The summed E-state index contributed by atoms with van der Waals surface area (Å²) in [4.78, 5) is 0. The van der Waals surface area contributed by atoms with Crippen LogP contribution in [0.15, 0.2) is 0 Å². The summed E-state index contributed by atoms with van der Waals surface area (Å²) in [6.45, 7) is 4.72. The van der Waals surface area contributed by atoms with E-state index in [1.807, 2.05) is 0 Å². The molecule has 0 nitrogen and oxygen atoms in total. The summed E-state index contributed by atoms with van der Waals surface area (Å²) in [5.41, 5.74) is 0. The molecule has 0 spiro atoms. The van der Waals surface area contributed by atoms with E-state index in [9.17, 15) is 0 Å². The Kier molecular flexibility index (Phi) is 15.0. The Morgan fingerprint density at radius 2 is 1.18 bits per heavy atom. The topological polar surface area (TPSA) is 0 Å². The first-order chi connectivity index (χ1) is 8.31. The van der Waals surface area contributed by atoms with Gasteiger partial charge in [0.2, 0.25) is 0 Å². The van der Waals surface area contributed by atoms with Gasteiger partial charge in [0.1, 0.15) is 0 Å². The van der Waals surface area contributed by atoms with E-state index in [0.29, 0.717) is 0 Å². The highest BCUT2D eigenvalue weighted by Crippen LogP contribution is 2.17. The second kappa shape index (κ2) is 14.5. The molecule has 0 aromatic carbocycles. The fourth-order valence-corrected chi connectivity index (χ4v) is 2.74. The molecule has 104 valence electrons. The summed E-state index contributed by atoms with van der Waals surface area (Å²) >= 11 is 3.48. The van der Waals surface area contributed by atoms with E-state index < -0.39 is 0 Å². The van der Waals surface area contributed by atoms with E-state index in [2.05, 4.69) is 29.8 Å². The highest BCUT2D eigenvalue weighted by Gasteiger charge is 2.00. The average molecular weight is 305 g/mol. The zero-order valence-electron chi connectivity index (χ0n) is 12.1. The summed E-state index contributed by atoms with van der Waals surface area (Å²) in [6.07, 6.45) is 17.2. The largest absolute Gasteiger partial charge is 0.0928 e. The maximum absolute atomic E-state index is 3.48. The van der Waals surface area contributed by atoms with Crippen LogP contribution >= 0.6 is 15.9 Å². The fraction of sp³-hybridized carbons (Fsp3) is 1.00. The number of hydrogen-bond donors (Lipinski definition) is 0. The molecule has 1 heteroatoms. The molecule has 1 atom stereocenters. The molecule has 1 unspecified atom stereocenters. The van der Waals surface area contributed by atoms with Crippen molar-refractivity contribution in [1.82, 2.24) is 0 Å². The van der Waals surface area contributed by atoms with Crippen LogP contribution in [0.2, 0.25) is 0 Å². The van der Waals surface area contributed by atoms with Crippen molar-refractivity contribution in [1.29, 1.82) is 0 Å². The first kappa shape index (κ1) is 17.5. The number of hydrogen-bond acceptors (Lipinski definition) is 0. The van der Waals surface area contributed by atoms with Crippen LogP contribution in [0.25, 0.3) is 0 Å². The predicted molar refractivity (Wildman–Crippen MR) is 84.0 cm³/mol. The molecule has 0 saturated carbocycles. The standard InChI is InChI=1S/C16H33Br/c1-3-4-13-16(2)14-11-9-7-5-6-8-10-12-15-17/h16H,3-15H2,1-2H3. The van der Waals surface area contributed by atoms with Gasteiger partial charge in [-0.1, -0.05) is 100 Å². The van der Waals surface area contributed by atoms with Gasteiger partial charge in [-0.05, 0) is 12.3 Å². The van der Waals surface area contributed by atoms with Crippen LogP contribution in [-0.4, -0.2) is 5.33 Å². The third kappa shape index (κ3) is 14.4. The van der Waals surface area contributed by atoms with Gasteiger partial charge in [0, 0.05) is 5.33 Å². The molecule has 0 aliphatic carbocycles. The maximum atomic E-state index is 3.48. The molecule has 0 fully saturated rings. The van der Waals surface area contributed by atoms with Gasteiger partial charge in [-0.15, -0.1) is 0 Å². The summed E-state index contributed by atoms with van der Waals surface area (Å²) in [6, 6.07) is 0. The van der Waals surface area contributed by atoms with Crippen molar-refractivity contribution in [2.75, 3.05) is 5.33 Å². The van der Waals surface area contributed by atoms with E-state index in [-0.39, 0.29) is 0 Å². The van der Waals surface area contributed by atoms with Gasteiger partial charge in [-0.25, -0.2) is 0 Å². The van der Waals surface area contributed by atoms with Crippen LogP contribution in [0.4, 0.5) is 0 Å². The molecule has 0 radical (unpaired) electrons. The summed E-state index contributed by atoms with van der Waals surface area (Å²) in [5.74, 6) is 0.967. The average Bonchev–Trinajstić information content (AvgIpc) is 2.34. The van der Waals surface area contributed by atoms with E-state index >= 15 is 0 Å². The molecule has 0 aliphatic heterocycles. The third-order valence-electron chi connectivity index (χ3n) is 3.63. The lowest BCUT2D eigenvalue weighted by Crippen LogP contribution is -1.94. The summed E-state index contributed by atoms with van der Waals surface area (Å²) in [7, 11) is 0. The fourth-order valence-electron chi connectivity index (χ4n) is 2.34. The molecule has 17 heavy (non-hydrogen) atoms. The zero-order chi connectivity index (χ0) is 12.8. The Balaban J connectivity index is 3.02. The second-order valence-corrected chi connectivity index (χ2v) is 6.35. The van der Waals surface area contributed by atoms with Crippen molar-refractivity contribution >= 4 is 15.9 Å². The zero-order valence-corrected chi connectivity index (χ0v) is 13.7. The van der Waals surface area contributed by atoms with Crippen LogP contribution in [0.5, 0.6) is 0 Å². The van der Waals surface area contributed by atoms with Crippen molar-refractivity contribution in [2.45, 2.75) is 90.9 Å². The molecule has 0 heterocycles. The van der Waals surface area contributed by atoms with Crippen LogP contribution in [0.1, 0.15) is 90.9 Å². The van der Waals surface area contributed by atoms with Gasteiger partial charge in [0.25, 0.3) is 0 Å². The quantitative estimate of drug-likeness (QED) is 0.262. The number of unbranched alkanes of at least 4 members (excludes halogenated alkanes) is 8. The number of alkyl halides is 1. The van der Waals surface area contributed by atoms with E-state index in [0.717, 1.165) is 5.92 Å².